The Morgan fingerprint density at radius 1 is 1.25 bits per heavy atom. The lowest BCUT2D eigenvalue weighted by Gasteiger charge is -2.15. The maximum Gasteiger partial charge on any atom is 0.431 e. The van der Waals surface area contributed by atoms with Gasteiger partial charge in [0.15, 0.2) is 0 Å². The second kappa shape index (κ2) is 9.82. The number of hydrogen-bond donors (Lipinski definition) is 0. The highest BCUT2D eigenvalue weighted by Gasteiger charge is 2.35. The summed E-state index contributed by atoms with van der Waals surface area (Å²) < 4.78 is 59.3. The normalized spacial score (nSPS) is 12.1. The Labute approximate surface area is 188 Å². The van der Waals surface area contributed by atoms with Crippen molar-refractivity contribution >= 4 is 29.3 Å². The van der Waals surface area contributed by atoms with Gasteiger partial charge < -0.3 is 9.64 Å². The van der Waals surface area contributed by atoms with E-state index < -0.39 is 34.6 Å². The van der Waals surface area contributed by atoms with Gasteiger partial charge in [0.25, 0.3) is 5.56 Å². The number of thioether (sulfide) groups is 1. The molecule has 1 aromatic carbocycles. The van der Waals surface area contributed by atoms with E-state index in [-0.39, 0.29) is 42.5 Å². The molecular weight excluding hydrogens is 478 g/mol. The van der Waals surface area contributed by atoms with E-state index in [1.807, 2.05) is 0 Å². The van der Waals surface area contributed by atoms with Gasteiger partial charge in [-0.25, -0.2) is 13.8 Å². The van der Waals surface area contributed by atoms with Crippen LogP contribution in [0.1, 0.15) is 5.69 Å². The lowest BCUT2D eigenvalue weighted by atomic mass is 10.3. The van der Waals surface area contributed by atoms with Crippen LogP contribution in [0.5, 0.6) is 0 Å². The molecule has 0 bridgehead atoms. The van der Waals surface area contributed by atoms with Gasteiger partial charge in [-0.3, -0.25) is 14.2 Å². The molecule has 0 fully saturated rings. The summed E-state index contributed by atoms with van der Waals surface area (Å²) in [6.45, 7) is 0. The van der Waals surface area contributed by atoms with Crippen LogP contribution in [0.15, 0.2) is 44.5 Å². The van der Waals surface area contributed by atoms with Crippen LogP contribution in [-0.4, -0.2) is 46.9 Å². The Hall–Kier alpha value is -2.73. The lowest BCUT2D eigenvalue weighted by Crippen LogP contribution is -2.41. The number of hydrogen-bond acceptors (Lipinski definition) is 5. The first-order valence-electron chi connectivity index (χ1n) is 8.76. The van der Waals surface area contributed by atoms with Crippen molar-refractivity contribution < 1.29 is 27.1 Å². The minimum Gasteiger partial charge on any atom is -0.500 e. The average Bonchev–Trinajstić information content (AvgIpc) is 2.69. The fourth-order valence-corrected chi connectivity index (χ4v) is 3.70. The molecule has 13 heteroatoms. The Kier molecular flexibility index (Phi) is 7.83. The number of benzene rings is 1. The molecule has 32 heavy (non-hydrogen) atoms. The van der Waals surface area contributed by atoms with Gasteiger partial charge in [-0.15, -0.1) is 11.8 Å². The van der Waals surface area contributed by atoms with Gasteiger partial charge in [0, 0.05) is 38.2 Å². The first-order chi connectivity index (χ1) is 14.8. The van der Waals surface area contributed by atoms with Crippen LogP contribution >= 0.6 is 23.4 Å². The first kappa shape index (κ1) is 25.5. The van der Waals surface area contributed by atoms with Gasteiger partial charge in [0.2, 0.25) is 5.91 Å². The fraction of sp³-hybridized carbons (Fsp3) is 0.316. The minimum absolute atomic E-state index is 0.0672. The predicted molar refractivity (Wildman–Crippen MR) is 112 cm³/mol. The molecule has 0 N–H and O–H groups in total. The van der Waals surface area contributed by atoms with Crippen LogP contribution in [-0.2, 0) is 22.8 Å². The minimum atomic E-state index is -4.95. The van der Waals surface area contributed by atoms with Crippen molar-refractivity contribution in [1.82, 2.24) is 14.0 Å². The summed E-state index contributed by atoms with van der Waals surface area (Å²) in [5.41, 5.74) is -4.76. The number of carbonyl (C=O) groups excluding carboxylic acids is 1. The number of ether oxygens (including phenoxy) is 1. The monoisotopic (exact) mass is 495 g/mol. The summed E-state index contributed by atoms with van der Waals surface area (Å²) in [6, 6.07) is 2.12. The number of likely N-dealkylation sites (N-methyl/N-ethyl adjacent to an activating group) is 1. The molecule has 174 valence electrons. The molecule has 7 nitrogen and oxygen atoms in total. The third kappa shape index (κ3) is 5.54. The molecule has 2 rings (SSSR count). The maximum absolute atomic E-state index is 14.6. The van der Waals surface area contributed by atoms with Gasteiger partial charge in [-0.2, -0.15) is 13.2 Å². The number of methoxy groups -OCH3 is 1. The fourth-order valence-electron chi connectivity index (χ4n) is 2.49. The van der Waals surface area contributed by atoms with E-state index in [0.717, 1.165) is 30.9 Å². The van der Waals surface area contributed by atoms with E-state index in [9.17, 15) is 31.9 Å². The highest BCUT2D eigenvalue weighted by Crippen LogP contribution is 2.32. The van der Waals surface area contributed by atoms with E-state index >= 15 is 0 Å². The van der Waals surface area contributed by atoms with E-state index in [4.69, 9.17) is 16.3 Å². The molecule has 0 radical (unpaired) electrons. The number of alkyl halides is 3. The zero-order chi connectivity index (χ0) is 24.4. The van der Waals surface area contributed by atoms with Gasteiger partial charge in [-0.05, 0) is 12.1 Å². The summed E-state index contributed by atoms with van der Waals surface area (Å²) in [5, 5.41) is -0.0672. The molecule has 0 saturated carbocycles. The summed E-state index contributed by atoms with van der Waals surface area (Å²) in [7, 11) is 5.26. The summed E-state index contributed by atoms with van der Waals surface area (Å²) in [5.74, 6) is -1.07. The van der Waals surface area contributed by atoms with Gasteiger partial charge >= 0.3 is 11.9 Å². The van der Waals surface area contributed by atoms with Gasteiger partial charge in [0.05, 0.1) is 23.6 Å². The number of nitrogens with zero attached hydrogens (tertiary/aromatic N) is 3. The largest absolute Gasteiger partial charge is 0.500 e. The zero-order valence-electron chi connectivity index (χ0n) is 17.3. The summed E-state index contributed by atoms with van der Waals surface area (Å²) in [4.78, 5) is 38.1. The molecule has 0 atom stereocenters. The van der Waals surface area contributed by atoms with Crippen molar-refractivity contribution in [1.29, 1.82) is 0 Å². The number of amides is 1. The van der Waals surface area contributed by atoms with E-state index in [1.165, 1.54) is 18.1 Å². The summed E-state index contributed by atoms with van der Waals surface area (Å²) in [6.07, 6.45) is -3.71. The molecule has 2 aromatic rings. The summed E-state index contributed by atoms with van der Waals surface area (Å²) >= 11 is 7.06. The van der Waals surface area contributed by atoms with E-state index in [2.05, 4.69) is 0 Å². The predicted octanol–water partition coefficient (Wildman–Crippen LogP) is 3.06. The number of halogens is 5. The van der Waals surface area contributed by atoms with Gasteiger partial charge in [0.1, 0.15) is 17.3 Å². The van der Waals surface area contributed by atoms with Crippen molar-refractivity contribution in [2.45, 2.75) is 11.1 Å². The molecule has 1 heterocycles. The molecule has 0 spiro atoms. The number of aromatic nitrogens is 2. The third-order valence-electron chi connectivity index (χ3n) is 4.21. The average molecular weight is 496 g/mol. The standard InChI is InChI=1S/C19H18ClF4N3O4S/c1-25(2)16(28)5-10(31-4)9-32-14-7-13(12(21)6-11(14)20)27-17(29)8-15(19(22,23)24)26(3)18(27)30/h5-8H,9H2,1-4H3/b10-5+. The number of rotatable bonds is 6. The van der Waals surface area contributed by atoms with E-state index in [0.29, 0.717) is 0 Å². The van der Waals surface area contributed by atoms with Crippen LogP contribution in [0.4, 0.5) is 17.6 Å². The maximum atomic E-state index is 14.6. The van der Waals surface area contributed by atoms with Crippen molar-refractivity contribution in [2.24, 2.45) is 7.05 Å². The van der Waals surface area contributed by atoms with Gasteiger partial charge in [-0.1, -0.05) is 11.6 Å². The zero-order valence-corrected chi connectivity index (χ0v) is 18.9. The van der Waals surface area contributed by atoms with Crippen molar-refractivity contribution in [3.8, 4) is 5.69 Å². The van der Waals surface area contributed by atoms with Crippen molar-refractivity contribution in [3.63, 3.8) is 0 Å². The molecule has 1 aromatic heterocycles. The molecule has 0 aliphatic rings. The van der Waals surface area contributed by atoms with Crippen LogP contribution in [0, 0.1) is 5.82 Å². The van der Waals surface area contributed by atoms with E-state index in [1.54, 1.807) is 14.1 Å². The lowest BCUT2D eigenvalue weighted by molar-refractivity contribution is -0.144. The quantitative estimate of drug-likeness (QED) is 0.266. The van der Waals surface area contributed by atoms with Crippen LogP contribution in [0.25, 0.3) is 5.69 Å². The van der Waals surface area contributed by atoms with Crippen LogP contribution < -0.4 is 11.2 Å². The Bertz CT molecular complexity index is 1190. The second-order valence-electron chi connectivity index (χ2n) is 6.61. The molecule has 0 aliphatic carbocycles. The van der Waals surface area contributed by atoms with Crippen LogP contribution in [0.3, 0.4) is 0 Å². The highest BCUT2D eigenvalue weighted by atomic mass is 35.5. The van der Waals surface area contributed by atoms with Crippen molar-refractivity contribution in [2.75, 3.05) is 27.0 Å². The highest BCUT2D eigenvalue weighted by molar-refractivity contribution is 7.99. The molecule has 1 amide bonds. The Morgan fingerprint density at radius 2 is 1.88 bits per heavy atom. The second-order valence-corrected chi connectivity index (χ2v) is 8.04. The molecule has 0 saturated heterocycles. The smallest absolute Gasteiger partial charge is 0.431 e. The van der Waals surface area contributed by atoms with Crippen LogP contribution in [0.2, 0.25) is 5.02 Å². The number of carbonyl (C=O) groups is 1. The third-order valence-corrected chi connectivity index (χ3v) is 5.71. The Morgan fingerprint density at radius 3 is 2.41 bits per heavy atom. The molecule has 0 aliphatic heterocycles. The SMILES string of the molecule is CO/C(=C/C(=O)N(C)C)CSc1cc(-n2c(=O)cc(C(F)(F)F)n(C)c2=O)c(F)cc1Cl. The van der Waals surface area contributed by atoms with Crippen molar-refractivity contribution in [3.05, 3.63) is 67.4 Å². The molecular formula is C19H18ClF4N3O4S. The topological polar surface area (TPSA) is 73.5 Å². The first-order valence-corrected chi connectivity index (χ1v) is 10.1. The Balaban J connectivity index is 2.53. The molecule has 0 unspecified atom stereocenters.